The molecular formula is C27H29N3O2S. The number of benzene rings is 3. The SMILES string of the molecule is CN(C(=S)NC(=O)Cc1cccc2ccccc12)c1ccccc1C(=O)NC1CCCCC1. The van der Waals surface area contributed by atoms with E-state index in [1.807, 2.05) is 60.7 Å². The van der Waals surface area contributed by atoms with Crippen LogP contribution in [-0.2, 0) is 11.2 Å². The minimum absolute atomic E-state index is 0.103. The third-order valence-electron chi connectivity index (χ3n) is 6.23. The number of nitrogens with one attached hydrogen (secondary N) is 2. The number of fused-ring (bicyclic) bond motifs is 1. The molecule has 33 heavy (non-hydrogen) atoms. The van der Waals surface area contributed by atoms with E-state index in [1.165, 1.54) is 6.42 Å². The second-order valence-electron chi connectivity index (χ2n) is 8.55. The highest BCUT2D eigenvalue weighted by atomic mass is 32.1. The van der Waals surface area contributed by atoms with Crippen molar-refractivity contribution < 1.29 is 9.59 Å². The number of hydrogen-bond acceptors (Lipinski definition) is 3. The Labute approximate surface area is 200 Å². The fourth-order valence-electron chi connectivity index (χ4n) is 4.44. The minimum atomic E-state index is -0.188. The monoisotopic (exact) mass is 459 g/mol. The Morgan fingerprint density at radius 1 is 0.939 bits per heavy atom. The topological polar surface area (TPSA) is 61.4 Å². The smallest absolute Gasteiger partial charge is 0.253 e. The third kappa shape index (κ3) is 5.57. The molecule has 0 saturated heterocycles. The third-order valence-corrected chi connectivity index (χ3v) is 6.61. The summed E-state index contributed by atoms with van der Waals surface area (Å²) in [7, 11) is 1.77. The van der Waals surface area contributed by atoms with Gasteiger partial charge in [-0.2, -0.15) is 0 Å². The number of thiocarbonyl (C=S) groups is 1. The van der Waals surface area contributed by atoms with Crippen LogP contribution in [0.15, 0.2) is 66.7 Å². The number of nitrogens with zero attached hydrogens (tertiary/aromatic N) is 1. The fraction of sp³-hybridized carbons (Fsp3) is 0.296. The summed E-state index contributed by atoms with van der Waals surface area (Å²) in [5.41, 5.74) is 2.17. The van der Waals surface area contributed by atoms with Gasteiger partial charge in [0.05, 0.1) is 17.7 Å². The van der Waals surface area contributed by atoms with E-state index in [4.69, 9.17) is 12.2 Å². The van der Waals surface area contributed by atoms with E-state index in [1.54, 1.807) is 18.0 Å². The number of anilines is 1. The van der Waals surface area contributed by atoms with Gasteiger partial charge in [0.15, 0.2) is 5.11 Å². The van der Waals surface area contributed by atoms with Crippen LogP contribution in [0.5, 0.6) is 0 Å². The van der Waals surface area contributed by atoms with Crippen molar-refractivity contribution in [3.63, 3.8) is 0 Å². The van der Waals surface area contributed by atoms with Crippen molar-refractivity contribution in [2.24, 2.45) is 0 Å². The summed E-state index contributed by atoms with van der Waals surface area (Å²) in [6.45, 7) is 0. The summed E-state index contributed by atoms with van der Waals surface area (Å²) in [6, 6.07) is 21.5. The molecule has 0 radical (unpaired) electrons. The van der Waals surface area contributed by atoms with Crippen LogP contribution >= 0.6 is 12.2 Å². The molecule has 1 aliphatic carbocycles. The lowest BCUT2D eigenvalue weighted by Gasteiger charge is -2.26. The maximum absolute atomic E-state index is 13.0. The number of hydrogen-bond donors (Lipinski definition) is 2. The van der Waals surface area contributed by atoms with Crippen LogP contribution < -0.4 is 15.5 Å². The summed E-state index contributed by atoms with van der Waals surface area (Å²) in [6.07, 6.45) is 5.80. The molecule has 2 amide bonds. The number of carbonyl (C=O) groups excluding carboxylic acids is 2. The van der Waals surface area contributed by atoms with Crippen LogP contribution in [0.2, 0.25) is 0 Å². The summed E-state index contributed by atoms with van der Waals surface area (Å²) < 4.78 is 0. The van der Waals surface area contributed by atoms with Gasteiger partial charge in [-0.3, -0.25) is 9.59 Å². The Morgan fingerprint density at radius 2 is 1.64 bits per heavy atom. The lowest BCUT2D eigenvalue weighted by molar-refractivity contribution is -0.119. The van der Waals surface area contributed by atoms with Gasteiger partial charge in [-0.25, -0.2) is 0 Å². The molecule has 1 saturated carbocycles. The van der Waals surface area contributed by atoms with Crippen LogP contribution in [0, 0.1) is 0 Å². The Kier molecular flexibility index (Phi) is 7.35. The number of rotatable bonds is 5. The van der Waals surface area contributed by atoms with Gasteiger partial charge in [-0.1, -0.05) is 73.9 Å². The molecule has 0 atom stereocenters. The lowest BCUT2D eigenvalue weighted by Crippen LogP contribution is -2.42. The maximum atomic E-state index is 13.0. The van der Waals surface area contributed by atoms with Crippen LogP contribution in [-0.4, -0.2) is 30.0 Å². The normalized spacial score (nSPS) is 14.0. The van der Waals surface area contributed by atoms with Gasteiger partial charge < -0.3 is 15.5 Å². The van der Waals surface area contributed by atoms with E-state index < -0.39 is 0 Å². The molecule has 5 nitrogen and oxygen atoms in total. The van der Waals surface area contributed by atoms with E-state index in [0.29, 0.717) is 11.3 Å². The second-order valence-corrected chi connectivity index (χ2v) is 8.94. The quantitative estimate of drug-likeness (QED) is 0.528. The minimum Gasteiger partial charge on any atom is -0.349 e. The van der Waals surface area contributed by atoms with Crippen molar-refractivity contribution in [2.75, 3.05) is 11.9 Å². The first-order valence-electron chi connectivity index (χ1n) is 11.5. The molecule has 1 aliphatic rings. The molecule has 0 heterocycles. The van der Waals surface area contributed by atoms with Crippen molar-refractivity contribution in [1.29, 1.82) is 0 Å². The van der Waals surface area contributed by atoms with E-state index in [9.17, 15) is 9.59 Å². The first-order valence-corrected chi connectivity index (χ1v) is 11.9. The Morgan fingerprint density at radius 3 is 2.45 bits per heavy atom. The molecule has 0 unspecified atom stereocenters. The first-order chi connectivity index (χ1) is 16.0. The number of carbonyl (C=O) groups is 2. The molecule has 3 aromatic carbocycles. The molecule has 0 aliphatic heterocycles. The molecule has 0 aromatic heterocycles. The standard InChI is InChI=1S/C27H29N3O2S/c1-30(24-17-8-7-16-23(24)26(32)28-21-13-3-2-4-14-21)27(33)29-25(31)18-20-12-9-11-19-10-5-6-15-22(19)20/h5-12,15-17,21H,2-4,13-14,18H2,1H3,(H,28,32)(H,29,31,33). The molecule has 1 fully saturated rings. The zero-order valence-corrected chi connectivity index (χ0v) is 19.7. The van der Waals surface area contributed by atoms with Crippen molar-refractivity contribution in [3.05, 3.63) is 77.9 Å². The van der Waals surface area contributed by atoms with E-state index >= 15 is 0 Å². The number of para-hydroxylation sites is 1. The van der Waals surface area contributed by atoms with Gasteiger partial charge in [0, 0.05) is 13.1 Å². The van der Waals surface area contributed by atoms with Gasteiger partial charge >= 0.3 is 0 Å². The molecule has 4 rings (SSSR count). The molecule has 3 aromatic rings. The summed E-state index contributed by atoms with van der Waals surface area (Å²) in [5.74, 6) is -0.290. The largest absolute Gasteiger partial charge is 0.349 e. The Bertz CT molecular complexity index is 1170. The number of amides is 2. The highest BCUT2D eigenvalue weighted by molar-refractivity contribution is 7.80. The van der Waals surface area contributed by atoms with Gasteiger partial charge in [0.1, 0.15) is 0 Å². The Hall–Kier alpha value is -3.25. The zero-order valence-electron chi connectivity index (χ0n) is 18.8. The molecular weight excluding hydrogens is 430 g/mol. The van der Waals surface area contributed by atoms with Crippen LogP contribution in [0.1, 0.15) is 48.0 Å². The van der Waals surface area contributed by atoms with Crippen LogP contribution in [0.4, 0.5) is 5.69 Å². The van der Waals surface area contributed by atoms with E-state index in [0.717, 1.165) is 42.0 Å². The van der Waals surface area contributed by atoms with Crippen molar-refractivity contribution in [1.82, 2.24) is 10.6 Å². The van der Waals surface area contributed by atoms with E-state index in [2.05, 4.69) is 10.6 Å². The van der Waals surface area contributed by atoms with Crippen LogP contribution in [0.3, 0.4) is 0 Å². The molecule has 170 valence electrons. The van der Waals surface area contributed by atoms with Crippen molar-refractivity contribution >= 4 is 45.6 Å². The predicted molar refractivity (Wildman–Crippen MR) is 138 cm³/mol. The molecule has 0 spiro atoms. The van der Waals surface area contributed by atoms with Crippen LogP contribution in [0.25, 0.3) is 10.8 Å². The first kappa shape index (κ1) is 22.9. The Balaban J connectivity index is 1.43. The summed E-state index contributed by atoms with van der Waals surface area (Å²) in [4.78, 5) is 27.4. The van der Waals surface area contributed by atoms with Crippen molar-refractivity contribution in [2.45, 2.75) is 44.6 Å². The second kappa shape index (κ2) is 10.6. The van der Waals surface area contributed by atoms with Gasteiger partial charge in [0.2, 0.25) is 5.91 Å². The summed E-state index contributed by atoms with van der Waals surface area (Å²) in [5, 5.41) is 8.40. The highest BCUT2D eigenvalue weighted by Crippen LogP contribution is 2.23. The highest BCUT2D eigenvalue weighted by Gasteiger charge is 2.21. The fourth-order valence-corrected chi connectivity index (χ4v) is 4.66. The maximum Gasteiger partial charge on any atom is 0.253 e. The summed E-state index contributed by atoms with van der Waals surface area (Å²) >= 11 is 5.52. The average molecular weight is 460 g/mol. The molecule has 0 bridgehead atoms. The molecule has 6 heteroatoms. The zero-order chi connectivity index (χ0) is 23.2. The predicted octanol–water partition coefficient (Wildman–Crippen LogP) is 4.98. The van der Waals surface area contributed by atoms with Gasteiger partial charge in [-0.05, 0) is 53.5 Å². The van der Waals surface area contributed by atoms with Gasteiger partial charge in [-0.15, -0.1) is 0 Å². The average Bonchev–Trinajstić information content (AvgIpc) is 2.84. The van der Waals surface area contributed by atoms with Crippen molar-refractivity contribution in [3.8, 4) is 0 Å². The lowest BCUT2D eigenvalue weighted by atomic mass is 9.95. The van der Waals surface area contributed by atoms with E-state index in [-0.39, 0.29) is 29.4 Å². The van der Waals surface area contributed by atoms with Gasteiger partial charge in [0.25, 0.3) is 5.91 Å². The molecule has 2 N–H and O–H groups in total.